The highest BCUT2D eigenvalue weighted by Gasteiger charge is 2.52. The first-order chi connectivity index (χ1) is 11.7. The van der Waals surface area contributed by atoms with E-state index in [1.54, 1.807) is 4.90 Å². The third kappa shape index (κ3) is 1.95. The Morgan fingerprint density at radius 1 is 0.792 bits per heavy atom. The number of para-hydroxylation sites is 1. The molecule has 4 rings (SSSR count). The second kappa shape index (κ2) is 5.53. The highest BCUT2D eigenvalue weighted by Crippen LogP contribution is 2.49. The Bertz CT molecular complexity index is 905. The first-order valence-electron chi connectivity index (χ1n) is 7.88. The van der Waals surface area contributed by atoms with Crippen LogP contribution in [0.4, 0.5) is 5.69 Å². The lowest BCUT2D eigenvalue weighted by molar-refractivity contribution is -0.120. The summed E-state index contributed by atoms with van der Waals surface area (Å²) in [6.07, 6.45) is 0. The van der Waals surface area contributed by atoms with Crippen LogP contribution in [0.2, 0.25) is 0 Å². The lowest BCUT2D eigenvalue weighted by Gasteiger charge is -2.29. The molecular weight excluding hydrogens is 314 g/mol. The SMILES string of the molecule is CN1C(=O)C(c2ccccc2)(c2ccc(S)cc2)c2ccccc21. The van der Waals surface area contributed by atoms with E-state index in [1.807, 2.05) is 79.8 Å². The van der Waals surface area contributed by atoms with Crippen molar-refractivity contribution in [2.75, 3.05) is 11.9 Å². The van der Waals surface area contributed by atoms with Crippen molar-refractivity contribution in [1.82, 2.24) is 0 Å². The predicted molar refractivity (Wildman–Crippen MR) is 99.9 cm³/mol. The second-order valence-electron chi connectivity index (χ2n) is 6.04. The molecule has 0 spiro atoms. The molecule has 2 nitrogen and oxygen atoms in total. The maximum atomic E-state index is 13.5. The molecule has 118 valence electrons. The number of hydrogen-bond donors (Lipinski definition) is 1. The molecule has 0 aromatic heterocycles. The van der Waals surface area contributed by atoms with Gasteiger partial charge in [-0.15, -0.1) is 12.6 Å². The van der Waals surface area contributed by atoms with E-state index in [9.17, 15) is 4.79 Å². The van der Waals surface area contributed by atoms with Gasteiger partial charge in [-0.3, -0.25) is 4.79 Å². The van der Waals surface area contributed by atoms with Crippen LogP contribution >= 0.6 is 12.6 Å². The number of likely N-dealkylation sites (N-methyl/N-ethyl adjacent to an activating group) is 1. The number of hydrogen-bond acceptors (Lipinski definition) is 2. The minimum atomic E-state index is -0.811. The average molecular weight is 331 g/mol. The number of thiol groups is 1. The van der Waals surface area contributed by atoms with Crippen molar-refractivity contribution >= 4 is 24.2 Å². The van der Waals surface area contributed by atoms with Gasteiger partial charge in [-0.1, -0.05) is 60.7 Å². The molecule has 0 N–H and O–H groups in total. The fourth-order valence-corrected chi connectivity index (χ4v) is 3.83. The molecule has 1 aliphatic heterocycles. The van der Waals surface area contributed by atoms with Crippen molar-refractivity contribution in [3.8, 4) is 0 Å². The molecule has 3 aromatic carbocycles. The highest BCUT2D eigenvalue weighted by molar-refractivity contribution is 7.80. The summed E-state index contributed by atoms with van der Waals surface area (Å²) in [5.74, 6) is 0.0711. The summed E-state index contributed by atoms with van der Waals surface area (Å²) in [5.41, 5.74) is 3.12. The molecule has 1 heterocycles. The van der Waals surface area contributed by atoms with Crippen molar-refractivity contribution in [3.05, 3.63) is 95.6 Å². The van der Waals surface area contributed by atoms with Crippen LogP contribution in [0.1, 0.15) is 16.7 Å². The second-order valence-corrected chi connectivity index (χ2v) is 6.56. The Kier molecular flexibility index (Phi) is 3.47. The van der Waals surface area contributed by atoms with Crippen LogP contribution < -0.4 is 4.90 Å². The van der Waals surface area contributed by atoms with E-state index >= 15 is 0 Å². The van der Waals surface area contributed by atoms with Crippen molar-refractivity contribution < 1.29 is 4.79 Å². The maximum Gasteiger partial charge on any atom is 0.246 e. The fourth-order valence-electron chi connectivity index (χ4n) is 3.68. The quantitative estimate of drug-likeness (QED) is 0.695. The van der Waals surface area contributed by atoms with Crippen LogP contribution in [-0.2, 0) is 10.2 Å². The summed E-state index contributed by atoms with van der Waals surface area (Å²) >= 11 is 4.39. The number of anilines is 1. The number of carbonyl (C=O) groups is 1. The highest BCUT2D eigenvalue weighted by atomic mass is 32.1. The minimum Gasteiger partial charge on any atom is -0.314 e. The maximum absolute atomic E-state index is 13.5. The number of amides is 1. The Morgan fingerprint density at radius 2 is 1.38 bits per heavy atom. The minimum absolute atomic E-state index is 0.0711. The van der Waals surface area contributed by atoms with E-state index in [0.717, 1.165) is 27.3 Å². The summed E-state index contributed by atoms with van der Waals surface area (Å²) < 4.78 is 0. The van der Waals surface area contributed by atoms with Gasteiger partial charge in [-0.25, -0.2) is 0 Å². The van der Waals surface area contributed by atoms with Gasteiger partial charge in [-0.05, 0) is 29.3 Å². The molecule has 0 saturated heterocycles. The zero-order valence-electron chi connectivity index (χ0n) is 13.3. The van der Waals surface area contributed by atoms with E-state index in [4.69, 9.17) is 0 Å². The zero-order chi connectivity index (χ0) is 16.7. The van der Waals surface area contributed by atoms with E-state index < -0.39 is 5.41 Å². The lowest BCUT2D eigenvalue weighted by Crippen LogP contribution is -2.40. The normalized spacial score (nSPS) is 19.4. The van der Waals surface area contributed by atoms with Gasteiger partial charge in [0.05, 0.1) is 0 Å². The average Bonchev–Trinajstić information content (AvgIpc) is 2.86. The zero-order valence-corrected chi connectivity index (χ0v) is 14.2. The van der Waals surface area contributed by atoms with Gasteiger partial charge >= 0.3 is 0 Å². The molecule has 3 aromatic rings. The van der Waals surface area contributed by atoms with Gasteiger partial charge in [0.2, 0.25) is 5.91 Å². The Labute approximate surface area is 147 Å². The predicted octanol–water partition coefficient (Wildman–Crippen LogP) is 4.29. The molecule has 1 unspecified atom stereocenters. The fraction of sp³-hybridized carbons (Fsp3) is 0.0952. The molecule has 0 bridgehead atoms. The molecule has 0 radical (unpaired) electrons. The van der Waals surface area contributed by atoms with E-state index in [-0.39, 0.29) is 5.91 Å². The van der Waals surface area contributed by atoms with Crippen molar-refractivity contribution in [1.29, 1.82) is 0 Å². The first kappa shape index (κ1) is 15.0. The Balaban J connectivity index is 2.10. The summed E-state index contributed by atoms with van der Waals surface area (Å²) in [5, 5.41) is 0. The third-order valence-corrected chi connectivity index (χ3v) is 5.10. The molecule has 3 heteroatoms. The molecule has 0 fully saturated rings. The topological polar surface area (TPSA) is 20.3 Å². The van der Waals surface area contributed by atoms with Crippen LogP contribution in [-0.4, -0.2) is 13.0 Å². The van der Waals surface area contributed by atoms with Crippen molar-refractivity contribution in [3.63, 3.8) is 0 Å². The van der Waals surface area contributed by atoms with Gasteiger partial charge in [0.15, 0.2) is 0 Å². The Morgan fingerprint density at radius 3 is 2.08 bits per heavy atom. The summed E-state index contributed by atoms with van der Waals surface area (Å²) in [6.45, 7) is 0. The van der Waals surface area contributed by atoms with Gasteiger partial charge in [-0.2, -0.15) is 0 Å². The van der Waals surface area contributed by atoms with Crippen molar-refractivity contribution in [2.45, 2.75) is 10.3 Å². The number of benzene rings is 3. The third-order valence-electron chi connectivity index (χ3n) is 4.80. The van der Waals surface area contributed by atoms with Crippen LogP contribution in [0.3, 0.4) is 0 Å². The van der Waals surface area contributed by atoms with Gasteiger partial charge < -0.3 is 4.90 Å². The van der Waals surface area contributed by atoms with Crippen LogP contribution in [0.15, 0.2) is 83.8 Å². The molecule has 24 heavy (non-hydrogen) atoms. The first-order valence-corrected chi connectivity index (χ1v) is 8.33. The lowest BCUT2D eigenvalue weighted by atomic mass is 9.70. The number of carbonyl (C=O) groups excluding carboxylic acids is 1. The van der Waals surface area contributed by atoms with Gasteiger partial charge in [0.1, 0.15) is 5.41 Å². The number of fused-ring (bicyclic) bond motifs is 1. The summed E-state index contributed by atoms with van der Waals surface area (Å²) in [7, 11) is 1.85. The molecule has 1 amide bonds. The molecule has 1 atom stereocenters. The molecule has 0 aliphatic carbocycles. The van der Waals surface area contributed by atoms with E-state index in [2.05, 4.69) is 18.7 Å². The summed E-state index contributed by atoms with van der Waals surface area (Å²) in [6, 6.07) is 25.9. The smallest absolute Gasteiger partial charge is 0.246 e. The largest absolute Gasteiger partial charge is 0.314 e. The van der Waals surface area contributed by atoms with Crippen molar-refractivity contribution in [2.24, 2.45) is 0 Å². The van der Waals surface area contributed by atoms with E-state index in [1.165, 1.54) is 0 Å². The summed E-state index contributed by atoms with van der Waals surface area (Å²) in [4.78, 5) is 16.1. The Hall–Kier alpha value is -2.52. The van der Waals surface area contributed by atoms with Gasteiger partial charge in [0.25, 0.3) is 0 Å². The van der Waals surface area contributed by atoms with E-state index in [0.29, 0.717) is 0 Å². The van der Waals surface area contributed by atoms with Crippen LogP contribution in [0.25, 0.3) is 0 Å². The van der Waals surface area contributed by atoms with Crippen LogP contribution in [0.5, 0.6) is 0 Å². The van der Waals surface area contributed by atoms with Gasteiger partial charge in [0, 0.05) is 23.2 Å². The molecule has 1 aliphatic rings. The number of rotatable bonds is 2. The number of nitrogens with zero attached hydrogens (tertiary/aromatic N) is 1. The molecular formula is C21H17NOS. The monoisotopic (exact) mass is 331 g/mol. The van der Waals surface area contributed by atoms with Crippen LogP contribution in [0, 0.1) is 0 Å². The molecule has 0 saturated carbocycles. The standard InChI is InChI=1S/C21H17NOS/c1-22-19-10-6-5-9-18(19)21(20(22)23,15-7-3-2-4-8-15)16-11-13-17(24)14-12-16/h2-14,24H,1H3.